The lowest BCUT2D eigenvalue weighted by molar-refractivity contribution is 0.399. The number of halogens is 2. The van der Waals surface area contributed by atoms with Crippen LogP contribution in [-0.4, -0.2) is 14.2 Å². The van der Waals surface area contributed by atoms with Gasteiger partial charge >= 0.3 is 0 Å². The molecule has 0 N–H and O–H groups in total. The second-order valence-corrected chi connectivity index (χ2v) is 4.88. The average Bonchev–Trinajstić information content (AvgIpc) is 2.48. The molecule has 0 fully saturated rings. The zero-order chi connectivity index (χ0) is 14.7. The van der Waals surface area contributed by atoms with Crippen molar-refractivity contribution in [3.63, 3.8) is 0 Å². The van der Waals surface area contributed by atoms with Crippen LogP contribution in [0.25, 0.3) is 0 Å². The van der Waals surface area contributed by atoms with Crippen LogP contribution in [0.5, 0.6) is 11.5 Å². The third-order valence-electron chi connectivity index (χ3n) is 3.20. The summed E-state index contributed by atoms with van der Waals surface area (Å²) in [6.45, 7) is 1.71. The van der Waals surface area contributed by atoms with Crippen LogP contribution in [0.1, 0.15) is 22.1 Å². The Morgan fingerprint density at radius 3 is 2.45 bits per heavy atom. The predicted octanol–water partition coefficient (Wildman–Crippen LogP) is 4.48. The Morgan fingerprint density at radius 1 is 1.05 bits per heavy atom. The molecular weight excluding hydrogens is 279 g/mol. The van der Waals surface area contributed by atoms with Crippen LogP contribution >= 0.6 is 11.6 Å². The maximum atomic E-state index is 14.2. The SMILES string of the molecule is COc1ccc(OC)c(C(Cl)c2cccc(C)c2F)c1. The number of benzene rings is 2. The Kier molecular flexibility index (Phi) is 4.50. The molecule has 0 aromatic heterocycles. The van der Waals surface area contributed by atoms with Gasteiger partial charge in [0.2, 0.25) is 0 Å². The number of methoxy groups -OCH3 is 2. The molecule has 0 aliphatic heterocycles. The number of rotatable bonds is 4. The van der Waals surface area contributed by atoms with E-state index in [1.807, 2.05) is 0 Å². The summed E-state index contributed by atoms with van der Waals surface area (Å²) in [5.41, 5.74) is 1.67. The Labute approximate surface area is 123 Å². The highest BCUT2D eigenvalue weighted by atomic mass is 35.5. The maximum Gasteiger partial charge on any atom is 0.131 e. The highest BCUT2D eigenvalue weighted by molar-refractivity contribution is 6.22. The van der Waals surface area contributed by atoms with Crippen LogP contribution in [0.2, 0.25) is 0 Å². The standard InChI is InChI=1S/C16H16ClFO2/c1-10-5-4-6-12(16(10)18)15(17)13-9-11(19-2)7-8-14(13)20-3/h4-9,15H,1-3H3. The van der Waals surface area contributed by atoms with Gasteiger partial charge in [-0.15, -0.1) is 11.6 Å². The van der Waals surface area contributed by atoms with E-state index in [2.05, 4.69) is 0 Å². The van der Waals surface area contributed by atoms with Crippen molar-refractivity contribution in [1.82, 2.24) is 0 Å². The minimum atomic E-state index is -0.639. The van der Waals surface area contributed by atoms with Gasteiger partial charge < -0.3 is 9.47 Å². The van der Waals surface area contributed by atoms with Crippen molar-refractivity contribution in [2.45, 2.75) is 12.3 Å². The van der Waals surface area contributed by atoms with Crippen LogP contribution < -0.4 is 9.47 Å². The van der Waals surface area contributed by atoms with Gasteiger partial charge in [-0.05, 0) is 30.7 Å². The molecule has 4 heteroatoms. The number of hydrogen-bond donors (Lipinski definition) is 0. The summed E-state index contributed by atoms with van der Waals surface area (Å²) < 4.78 is 24.7. The van der Waals surface area contributed by atoms with E-state index in [1.54, 1.807) is 57.5 Å². The molecule has 0 saturated carbocycles. The number of alkyl halides is 1. The normalized spacial score (nSPS) is 12.1. The first kappa shape index (κ1) is 14.7. The quantitative estimate of drug-likeness (QED) is 0.774. The molecule has 0 spiro atoms. The molecule has 106 valence electrons. The van der Waals surface area contributed by atoms with E-state index in [1.165, 1.54) is 0 Å². The van der Waals surface area contributed by atoms with Gasteiger partial charge in [0.05, 0.1) is 19.6 Å². The molecule has 1 unspecified atom stereocenters. The zero-order valence-electron chi connectivity index (χ0n) is 11.6. The maximum absolute atomic E-state index is 14.2. The summed E-state index contributed by atoms with van der Waals surface area (Å²) in [4.78, 5) is 0. The largest absolute Gasteiger partial charge is 0.497 e. The highest BCUT2D eigenvalue weighted by Gasteiger charge is 2.20. The molecule has 0 bridgehead atoms. The van der Waals surface area contributed by atoms with E-state index in [4.69, 9.17) is 21.1 Å². The topological polar surface area (TPSA) is 18.5 Å². The van der Waals surface area contributed by atoms with Crippen LogP contribution in [0.15, 0.2) is 36.4 Å². The molecule has 2 nitrogen and oxygen atoms in total. The lowest BCUT2D eigenvalue weighted by Gasteiger charge is -2.16. The minimum Gasteiger partial charge on any atom is -0.497 e. The lowest BCUT2D eigenvalue weighted by atomic mass is 10.0. The lowest BCUT2D eigenvalue weighted by Crippen LogP contribution is -2.02. The summed E-state index contributed by atoms with van der Waals surface area (Å²) in [6.07, 6.45) is 0. The first-order valence-corrected chi connectivity index (χ1v) is 6.63. The van der Waals surface area contributed by atoms with Crippen molar-refractivity contribution < 1.29 is 13.9 Å². The van der Waals surface area contributed by atoms with E-state index in [0.717, 1.165) is 0 Å². The zero-order valence-corrected chi connectivity index (χ0v) is 12.4. The van der Waals surface area contributed by atoms with Crippen molar-refractivity contribution in [2.24, 2.45) is 0 Å². The Balaban J connectivity index is 2.51. The molecule has 20 heavy (non-hydrogen) atoms. The van der Waals surface area contributed by atoms with Crippen LogP contribution in [-0.2, 0) is 0 Å². The molecule has 0 radical (unpaired) electrons. The van der Waals surface area contributed by atoms with Crippen LogP contribution in [0, 0.1) is 12.7 Å². The third-order valence-corrected chi connectivity index (χ3v) is 3.67. The fraction of sp³-hybridized carbons (Fsp3) is 0.250. The molecule has 2 rings (SSSR count). The molecule has 2 aromatic rings. The fourth-order valence-electron chi connectivity index (χ4n) is 2.07. The van der Waals surface area contributed by atoms with Gasteiger partial charge in [0, 0.05) is 11.1 Å². The van der Waals surface area contributed by atoms with Gasteiger partial charge in [-0.25, -0.2) is 4.39 Å². The van der Waals surface area contributed by atoms with Crippen molar-refractivity contribution in [3.05, 3.63) is 58.9 Å². The van der Waals surface area contributed by atoms with Gasteiger partial charge in [-0.2, -0.15) is 0 Å². The average molecular weight is 295 g/mol. The summed E-state index contributed by atoms with van der Waals surface area (Å²) in [5, 5.41) is -0.639. The van der Waals surface area contributed by atoms with Gasteiger partial charge in [0.25, 0.3) is 0 Å². The van der Waals surface area contributed by atoms with Crippen LogP contribution in [0.4, 0.5) is 4.39 Å². The van der Waals surface area contributed by atoms with E-state index in [-0.39, 0.29) is 5.82 Å². The van der Waals surface area contributed by atoms with Crippen molar-refractivity contribution >= 4 is 11.6 Å². The Bertz CT molecular complexity index is 613. The molecule has 1 atom stereocenters. The highest BCUT2D eigenvalue weighted by Crippen LogP contribution is 2.38. The summed E-state index contributed by atoms with van der Waals surface area (Å²) in [7, 11) is 3.13. The van der Waals surface area contributed by atoms with Gasteiger partial charge in [-0.1, -0.05) is 18.2 Å². The van der Waals surface area contributed by atoms with E-state index < -0.39 is 5.38 Å². The first-order chi connectivity index (χ1) is 9.58. The fourth-order valence-corrected chi connectivity index (χ4v) is 2.41. The molecule has 0 aliphatic carbocycles. The smallest absolute Gasteiger partial charge is 0.131 e. The molecule has 0 heterocycles. The Hall–Kier alpha value is -1.74. The monoisotopic (exact) mass is 294 g/mol. The summed E-state index contributed by atoms with van der Waals surface area (Å²) >= 11 is 6.45. The van der Waals surface area contributed by atoms with Gasteiger partial charge in [-0.3, -0.25) is 0 Å². The van der Waals surface area contributed by atoms with E-state index in [9.17, 15) is 4.39 Å². The molecular formula is C16H16ClFO2. The van der Waals surface area contributed by atoms with Crippen LogP contribution in [0.3, 0.4) is 0 Å². The summed E-state index contributed by atoms with van der Waals surface area (Å²) in [6, 6.07) is 10.5. The van der Waals surface area contributed by atoms with Gasteiger partial charge in [0.15, 0.2) is 0 Å². The second kappa shape index (κ2) is 6.14. The number of hydrogen-bond acceptors (Lipinski definition) is 2. The first-order valence-electron chi connectivity index (χ1n) is 6.19. The van der Waals surface area contributed by atoms with Crippen molar-refractivity contribution in [1.29, 1.82) is 0 Å². The minimum absolute atomic E-state index is 0.294. The molecule has 0 amide bonds. The molecule has 0 saturated heterocycles. The third kappa shape index (κ3) is 2.73. The summed E-state index contributed by atoms with van der Waals surface area (Å²) in [5.74, 6) is 0.962. The van der Waals surface area contributed by atoms with Crippen molar-refractivity contribution in [2.75, 3.05) is 14.2 Å². The van der Waals surface area contributed by atoms with E-state index >= 15 is 0 Å². The molecule has 0 aliphatic rings. The number of aryl methyl sites for hydroxylation is 1. The molecule has 2 aromatic carbocycles. The van der Waals surface area contributed by atoms with Gasteiger partial charge in [0.1, 0.15) is 17.3 Å². The Morgan fingerprint density at radius 2 is 1.80 bits per heavy atom. The van der Waals surface area contributed by atoms with E-state index in [0.29, 0.717) is 28.2 Å². The van der Waals surface area contributed by atoms with Crippen molar-refractivity contribution in [3.8, 4) is 11.5 Å². The number of ether oxygens (including phenoxy) is 2. The predicted molar refractivity (Wildman–Crippen MR) is 78.4 cm³/mol. The second-order valence-electron chi connectivity index (χ2n) is 4.45.